The van der Waals surface area contributed by atoms with E-state index >= 15 is 0 Å². The van der Waals surface area contributed by atoms with E-state index in [1.165, 1.54) is 12.1 Å². The number of nitriles is 1. The van der Waals surface area contributed by atoms with Gasteiger partial charge in [-0.05, 0) is 56.3 Å². The van der Waals surface area contributed by atoms with Gasteiger partial charge in [0.05, 0.1) is 17.3 Å². The van der Waals surface area contributed by atoms with E-state index in [1.54, 1.807) is 49.0 Å². The third-order valence-corrected chi connectivity index (χ3v) is 4.05. The maximum Gasteiger partial charge on any atom is 0.266 e. The molecule has 0 aliphatic carbocycles. The van der Waals surface area contributed by atoms with Crippen LogP contribution >= 0.6 is 0 Å². The Morgan fingerprint density at radius 3 is 2.48 bits per heavy atom. The predicted molar refractivity (Wildman–Crippen MR) is 104 cm³/mol. The van der Waals surface area contributed by atoms with Gasteiger partial charge in [0.2, 0.25) is 0 Å². The van der Waals surface area contributed by atoms with Crippen LogP contribution in [0.5, 0.6) is 17.2 Å². The van der Waals surface area contributed by atoms with Gasteiger partial charge in [0.25, 0.3) is 5.91 Å². The average Bonchev–Trinajstić information content (AvgIpc) is 3.01. The zero-order chi connectivity index (χ0) is 21.0. The van der Waals surface area contributed by atoms with Crippen molar-refractivity contribution in [1.82, 2.24) is 9.78 Å². The molecule has 7 nitrogen and oxygen atoms in total. The molecule has 0 saturated heterocycles. The molecule has 29 heavy (non-hydrogen) atoms. The van der Waals surface area contributed by atoms with Gasteiger partial charge in [-0.2, -0.15) is 10.4 Å². The van der Waals surface area contributed by atoms with Crippen LogP contribution in [0, 0.1) is 24.1 Å². The molecule has 1 N–H and O–H groups in total. The summed E-state index contributed by atoms with van der Waals surface area (Å²) in [7, 11) is 1.74. The first-order valence-electron chi connectivity index (χ1n) is 8.81. The first kappa shape index (κ1) is 19.9. The molecule has 148 valence electrons. The molecule has 0 bridgehead atoms. The topological polar surface area (TPSA) is 89.2 Å². The van der Waals surface area contributed by atoms with Crippen LogP contribution in [0.4, 0.5) is 10.2 Å². The highest BCUT2D eigenvalue weighted by Gasteiger charge is 2.17. The molecule has 1 amide bonds. The lowest BCUT2D eigenvalue weighted by Crippen LogP contribution is -2.30. The number of amides is 1. The molecule has 0 aliphatic heterocycles. The van der Waals surface area contributed by atoms with Crippen LogP contribution in [0.2, 0.25) is 0 Å². The molecule has 8 heteroatoms. The molecule has 0 saturated carbocycles. The molecule has 0 unspecified atom stereocenters. The summed E-state index contributed by atoms with van der Waals surface area (Å²) in [4.78, 5) is 12.3. The molecule has 0 aliphatic rings. The Kier molecular flexibility index (Phi) is 5.79. The fourth-order valence-corrected chi connectivity index (χ4v) is 2.58. The normalized spacial score (nSPS) is 11.4. The van der Waals surface area contributed by atoms with Gasteiger partial charge in [0.15, 0.2) is 17.7 Å². The van der Waals surface area contributed by atoms with Crippen LogP contribution in [-0.2, 0) is 11.8 Å². The second-order valence-electron chi connectivity index (χ2n) is 6.37. The van der Waals surface area contributed by atoms with Gasteiger partial charge in [-0.25, -0.2) is 4.39 Å². The molecule has 1 heterocycles. The Morgan fingerprint density at radius 1 is 1.21 bits per heavy atom. The molecule has 0 fully saturated rings. The Labute approximate surface area is 167 Å². The number of anilines is 1. The smallest absolute Gasteiger partial charge is 0.266 e. The van der Waals surface area contributed by atoms with Crippen molar-refractivity contribution < 1.29 is 18.7 Å². The van der Waals surface area contributed by atoms with Crippen LogP contribution in [-0.4, -0.2) is 21.8 Å². The van der Waals surface area contributed by atoms with Gasteiger partial charge in [0.1, 0.15) is 17.3 Å². The van der Waals surface area contributed by atoms with Crippen LogP contribution in [0.3, 0.4) is 0 Å². The van der Waals surface area contributed by atoms with Gasteiger partial charge < -0.3 is 14.8 Å². The van der Waals surface area contributed by atoms with Crippen molar-refractivity contribution >= 4 is 11.7 Å². The molecule has 0 radical (unpaired) electrons. The van der Waals surface area contributed by atoms with E-state index < -0.39 is 11.9 Å². The summed E-state index contributed by atoms with van der Waals surface area (Å²) in [5.74, 6) is 0.506. The summed E-state index contributed by atoms with van der Waals surface area (Å²) >= 11 is 0. The van der Waals surface area contributed by atoms with Gasteiger partial charge >= 0.3 is 0 Å². The Balaban J connectivity index is 1.60. The van der Waals surface area contributed by atoms with Crippen molar-refractivity contribution in [3.05, 3.63) is 65.6 Å². The SMILES string of the molecule is Cc1cc(NC(=O)[C@@H](C)Oc2ccc(Oc3ccc(C#N)cc3F)cc2)n(C)n1. The Morgan fingerprint density at radius 2 is 1.90 bits per heavy atom. The first-order chi connectivity index (χ1) is 13.9. The van der Waals surface area contributed by atoms with Gasteiger partial charge in [0, 0.05) is 13.1 Å². The van der Waals surface area contributed by atoms with Crippen LogP contribution in [0.1, 0.15) is 18.2 Å². The number of nitrogens with one attached hydrogen (secondary N) is 1. The standard InChI is InChI=1S/C21H19FN4O3/c1-13-10-20(26(3)25-13)24-21(27)14(2)28-16-5-7-17(8-6-16)29-19-9-4-15(12-23)11-18(19)22/h4-11,14H,1-3H3,(H,24,27)/t14-/m1/s1. The lowest BCUT2D eigenvalue weighted by molar-refractivity contribution is -0.122. The molecule has 3 aromatic rings. The number of ether oxygens (including phenoxy) is 2. The summed E-state index contributed by atoms with van der Waals surface area (Å²) in [5.41, 5.74) is 1.01. The number of carbonyl (C=O) groups excluding carboxylic acids is 1. The number of benzene rings is 2. The fraction of sp³-hybridized carbons (Fsp3) is 0.190. The Hall–Kier alpha value is -3.86. The number of aryl methyl sites for hydroxylation is 2. The van der Waals surface area contributed by atoms with Gasteiger partial charge in [-0.15, -0.1) is 0 Å². The number of nitrogens with zero attached hydrogens (tertiary/aromatic N) is 3. The first-order valence-corrected chi connectivity index (χ1v) is 8.81. The van der Waals surface area contributed by atoms with E-state index in [1.807, 2.05) is 13.0 Å². The number of hydrogen-bond acceptors (Lipinski definition) is 5. The highest BCUT2D eigenvalue weighted by atomic mass is 19.1. The van der Waals surface area contributed by atoms with E-state index in [0.29, 0.717) is 17.3 Å². The predicted octanol–water partition coefficient (Wildman–Crippen LogP) is 3.94. The molecule has 1 aromatic heterocycles. The third-order valence-electron chi connectivity index (χ3n) is 4.05. The largest absolute Gasteiger partial charge is 0.481 e. The quantitative estimate of drug-likeness (QED) is 0.684. The van der Waals surface area contributed by atoms with Crippen LogP contribution in [0.15, 0.2) is 48.5 Å². The number of carbonyl (C=O) groups is 1. The van der Waals surface area contributed by atoms with Crippen molar-refractivity contribution in [3.63, 3.8) is 0 Å². The van der Waals surface area contributed by atoms with E-state index in [2.05, 4.69) is 10.4 Å². The van der Waals surface area contributed by atoms with Crippen molar-refractivity contribution in [3.8, 4) is 23.3 Å². The van der Waals surface area contributed by atoms with Gasteiger partial charge in [-0.1, -0.05) is 0 Å². The van der Waals surface area contributed by atoms with E-state index in [-0.39, 0.29) is 17.2 Å². The van der Waals surface area contributed by atoms with Crippen molar-refractivity contribution in [1.29, 1.82) is 5.26 Å². The summed E-state index contributed by atoms with van der Waals surface area (Å²) in [5, 5.41) is 15.7. The molecule has 0 spiro atoms. The van der Waals surface area contributed by atoms with Crippen molar-refractivity contribution in [2.75, 3.05) is 5.32 Å². The average molecular weight is 394 g/mol. The lowest BCUT2D eigenvalue weighted by atomic mass is 10.2. The fourth-order valence-electron chi connectivity index (χ4n) is 2.58. The highest BCUT2D eigenvalue weighted by molar-refractivity contribution is 5.93. The molecule has 1 atom stereocenters. The summed E-state index contributed by atoms with van der Waals surface area (Å²) < 4.78 is 26.6. The zero-order valence-electron chi connectivity index (χ0n) is 16.1. The summed E-state index contributed by atoms with van der Waals surface area (Å²) in [6.45, 7) is 3.47. The van der Waals surface area contributed by atoms with Gasteiger partial charge in [-0.3, -0.25) is 9.48 Å². The van der Waals surface area contributed by atoms with E-state index in [9.17, 15) is 9.18 Å². The summed E-state index contributed by atoms with van der Waals surface area (Å²) in [6.07, 6.45) is -0.743. The van der Waals surface area contributed by atoms with Crippen LogP contribution < -0.4 is 14.8 Å². The van der Waals surface area contributed by atoms with Crippen LogP contribution in [0.25, 0.3) is 0 Å². The van der Waals surface area contributed by atoms with Crippen molar-refractivity contribution in [2.45, 2.75) is 20.0 Å². The third kappa shape index (κ3) is 4.90. The Bertz CT molecular complexity index is 1070. The minimum Gasteiger partial charge on any atom is -0.481 e. The lowest BCUT2D eigenvalue weighted by Gasteiger charge is -2.15. The number of hydrogen-bond donors (Lipinski definition) is 1. The maximum atomic E-state index is 13.9. The zero-order valence-corrected chi connectivity index (χ0v) is 16.1. The molecule has 3 rings (SSSR count). The molecule has 2 aromatic carbocycles. The number of aromatic nitrogens is 2. The summed E-state index contributed by atoms with van der Waals surface area (Å²) in [6, 6.07) is 14.0. The minimum atomic E-state index is -0.743. The highest BCUT2D eigenvalue weighted by Crippen LogP contribution is 2.27. The van der Waals surface area contributed by atoms with Crippen molar-refractivity contribution in [2.24, 2.45) is 7.05 Å². The second kappa shape index (κ2) is 8.44. The monoisotopic (exact) mass is 394 g/mol. The molecular formula is C21H19FN4O3. The minimum absolute atomic E-state index is 0.0110. The second-order valence-corrected chi connectivity index (χ2v) is 6.37. The number of rotatable bonds is 6. The van der Waals surface area contributed by atoms with E-state index in [4.69, 9.17) is 14.7 Å². The maximum absolute atomic E-state index is 13.9. The molecular weight excluding hydrogens is 375 g/mol. The van der Waals surface area contributed by atoms with E-state index in [0.717, 1.165) is 11.8 Å². The number of halogens is 1.